The van der Waals surface area contributed by atoms with E-state index in [2.05, 4.69) is 106 Å². The summed E-state index contributed by atoms with van der Waals surface area (Å²) in [6, 6.07) is 16.5. The van der Waals surface area contributed by atoms with Crippen LogP contribution in [0.5, 0.6) is 0 Å². The smallest absolute Gasteiger partial charge is 1.00 e. The van der Waals surface area contributed by atoms with Crippen LogP contribution in [0.3, 0.4) is 0 Å². The normalized spacial score (nSPS) is 11.4. The third-order valence-electron chi connectivity index (χ3n) is 5.15. The third kappa shape index (κ3) is 10.2. The minimum atomic E-state index is 0. The molecule has 1 aromatic heterocycles. The maximum absolute atomic E-state index is 4.66. The predicted molar refractivity (Wildman–Crippen MR) is 142 cm³/mol. The molecule has 0 amide bonds. The first-order valence-electron chi connectivity index (χ1n) is 11.1. The van der Waals surface area contributed by atoms with Crippen LogP contribution in [0.15, 0.2) is 75.4 Å². The number of pyridine rings is 1. The van der Waals surface area contributed by atoms with Crippen LogP contribution in [-0.4, -0.2) is 15.3 Å². The minimum absolute atomic E-state index is 0. The molecular weight excluding hydrogens is 585 g/mol. The maximum atomic E-state index is 4.66. The number of aliphatic imine (C=N–C) groups is 2. The quantitative estimate of drug-likeness (QED) is 0.321. The topological polar surface area (TPSA) is 37.6 Å². The number of hydrogen-bond donors (Lipinski definition) is 0. The zero-order valence-corrected chi connectivity index (χ0v) is 25.5. The number of benzene rings is 2. The van der Waals surface area contributed by atoms with Crippen LogP contribution < -0.4 is 24.8 Å². The van der Waals surface area contributed by atoms with Gasteiger partial charge in [-0.05, 0) is 47.5 Å². The third-order valence-corrected chi connectivity index (χ3v) is 5.92. The number of hydrogen-bond acceptors (Lipinski definition) is 3. The van der Waals surface area contributed by atoms with Crippen molar-refractivity contribution >= 4 is 37.6 Å². The van der Waals surface area contributed by atoms with Crippen molar-refractivity contribution in [2.45, 2.75) is 60.3 Å². The van der Waals surface area contributed by atoms with E-state index in [4.69, 9.17) is 0 Å². The summed E-state index contributed by atoms with van der Waals surface area (Å²) in [4.78, 5) is 13.4. The number of aromatic nitrogens is 1. The van der Waals surface area contributed by atoms with Crippen LogP contribution in [0.2, 0.25) is 0 Å². The average Bonchev–Trinajstić information content (AvgIpc) is 2.76. The Kier molecular flexibility index (Phi) is 15.6. The fourth-order valence-corrected chi connectivity index (χ4v) is 4.04. The SMILES string of the molecule is CC(=Nc1c(C)cccc1Br)c1cccnc1.C[C]([Fe+2])=Nc1c(C(C)C)cccc1C(C)C.[Cl-].[Cl-]. The van der Waals surface area contributed by atoms with Crippen LogP contribution in [0.4, 0.5) is 11.4 Å². The zero-order valence-electron chi connectivity index (χ0n) is 21.3. The molecule has 0 bridgehead atoms. The van der Waals surface area contributed by atoms with E-state index < -0.39 is 0 Å². The van der Waals surface area contributed by atoms with Crippen molar-refractivity contribution in [2.75, 3.05) is 0 Å². The largest absolute Gasteiger partial charge is 1.00 e. The summed E-state index contributed by atoms with van der Waals surface area (Å²) in [5.74, 6) is 0.994. The van der Waals surface area contributed by atoms with Gasteiger partial charge in [0.2, 0.25) is 0 Å². The Morgan fingerprint density at radius 1 is 0.829 bits per heavy atom. The van der Waals surface area contributed by atoms with Gasteiger partial charge in [-0.25, -0.2) is 0 Å². The summed E-state index contributed by atoms with van der Waals surface area (Å²) < 4.78 is 1.88. The van der Waals surface area contributed by atoms with Gasteiger partial charge in [0.05, 0.1) is 5.69 Å². The fraction of sp³-hybridized carbons (Fsp3) is 0.321. The molecule has 0 unspecified atom stereocenters. The van der Waals surface area contributed by atoms with Gasteiger partial charge in [0.1, 0.15) is 0 Å². The first-order chi connectivity index (χ1) is 15.6. The molecule has 3 aromatic rings. The molecule has 0 spiro atoms. The van der Waals surface area contributed by atoms with E-state index in [1.54, 1.807) is 6.20 Å². The molecular formula is C28H33BrCl2FeN3. The number of halogens is 3. The molecule has 189 valence electrons. The van der Waals surface area contributed by atoms with Gasteiger partial charge >= 0.3 is 107 Å². The summed E-state index contributed by atoms with van der Waals surface area (Å²) in [7, 11) is 0. The molecule has 0 fully saturated rings. The first kappa shape index (κ1) is 33.5. The Morgan fingerprint density at radius 3 is 1.86 bits per heavy atom. The molecule has 0 aliphatic rings. The summed E-state index contributed by atoms with van der Waals surface area (Å²) >= 11 is 7.41. The summed E-state index contributed by atoms with van der Waals surface area (Å²) in [5, 5.41) is 0. The van der Waals surface area contributed by atoms with Crippen molar-refractivity contribution in [2.24, 2.45) is 9.98 Å². The van der Waals surface area contributed by atoms with E-state index >= 15 is 0 Å². The average molecular weight is 618 g/mol. The van der Waals surface area contributed by atoms with Crippen molar-refractivity contribution in [1.82, 2.24) is 4.98 Å². The molecule has 0 atom stereocenters. The number of rotatable bonds is 5. The number of aryl methyl sites for hydroxylation is 1. The molecule has 35 heavy (non-hydrogen) atoms. The molecule has 1 heterocycles. The van der Waals surface area contributed by atoms with Gasteiger partial charge in [0.15, 0.2) is 0 Å². The van der Waals surface area contributed by atoms with Crippen molar-refractivity contribution in [3.63, 3.8) is 0 Å². The molecule has 3 nitrogen and oxygen atoms in total. The van der Waals surface area contributed by atoms with E-state index in [9.17, 15) is 0 Å². The minimum Gasteiger partial charge on any atom is -1.00 e. The van der Waals surface area contributed by atoms with Gasteiger partial charge in [0.25, 0.3) is 0 Å². The van der Waals surface area contributed by atoms with E-state index in [1.165, 1.54) is 11.1 Å². The predicted octanol–water partition coefficient (Wildman–Crippen LogP) is 2.83. The number of para-hydroxylation sites is 2. The van der Waals surface area contributed by atoms with Crippen LogP contribution in [0, 0.1) is 6.92 Å². The van der Waals surface area contributed by atoms with Crippen molar-refractivity contribution < 1.29 is 40.8 Å². The Bertz CT molecular complexity index is 1080. The van der Waals surface area contributed by atoms with E-state index in [1.807, 2.05) is 44.3 Å². The summed E-state index contributed by atoms with van der Waals surface area (Å²) in [6.45, 7) is 14.8. The van der Waals surface area contributed by atoms with Gasteiger partial charge in [-0.15, -0.1) is 0 Å². The summed E-state index contributed by atoms with van der Waals surface area (Å²) in [6.07, 6.45) is 3.59. The second-order valence-corrected chi connectivity index (χ2v) is 10.2. The number of nitrogens with zero attached hydrogens (tertiary/aromatic N) is 3. The molecule has 0 aliphatic heterocycles. The fourth-order valence-electron chi connectivity index (χ4n) is 3.37. The maximum Gasteiger partial charge on any atom is -1.00 e. The first-order valence-corrected chi connectivity index (χ1v) is 12.5. The van der Waals surface area contributed by atoms with Gasteiger partial charge in [-0.2, -0.15) is 0 Å². The van der Waals surface area contributed by atoms with E-state index in [-0.39, 0.29) is 24.8 Å². The molecule has 0 saturated heterocycles. The molecule has 0 N–H and O–H groups in total. The Hall–Kier alpha value is -1.49. The van der Waals surface area contributed by atoms with E-state index in [0.29, 0.717) is 11.8 Å². The van der Waals surface area contributed by atoms with Crippen LogP contribution in [0.1, 0.15) is 75.6 Å². The molecule has 3 rings (SSSR count). The summed E-state index contributed by atoms with van der Waals surface area (Å²) in [5.41, 5.74) is 7.90. The molecule has 2 aromatic carbocycles. The zero-order chi connectivity index (χ0) is 24.5. The van der Waals surface area contributed by atoms with Gasteiger partial charge < -0.3 is 24.8 Å². The van der Waals surface area contributed by atoms with Crippen LogP contribution in [-0.2, 0) is 16.0 Å². The molecule has 0 saturated carbocycles. The standard InChI is InChI=1S/C14H13BrN2.C14H20N.2ClH.Fe/c1-10-5-3-7-13(15)14(10)17-11(2)12-6-4-8-16-9-12;1-6-15-14-12(10(2)3)8-7-9-13(14)11(4)5;;;/h3-9H,1-2H3;7-11H,1-5H3;2*1H;/q;;;;+2/p-2. The van der Waals surface area contributed by atoms with Crippen molar-refractivity contribution in [3.8, 4) is 0 Å². The van der Waals surface area contributed by atoms with Gasteiger partial charge in [-0.3, -0.25) is 9.98 Å². The molecule has 7 heteroatoms. The Morgan fingerprint density at radius 2 is 1.40 bits per heavy atom. The van der Waals surface area contributed by atoms with Crippen molar-refractivity contribution in [1.29, 1.82) is 0 Å². The van der Waals surface area contributed by atoms with Gasteiger partial charge in [-0.1, -0.05) is 18.2 Å². The second kappa shape index (κ2) is 16.3. The van der Waals surface area contributed by atoms with Crippen LogP contribution in [0.25, 0.3) is 0 Å². The Balaban J connectivity index is 0.000000626. The van der Waals surface area contributed by atoms with Crippen molar-refractivity contribution in [3.05, 3.63) is 87.7 Å². The molecule has 0 aliphatic carbocycles. The molecule has 0 radical (unpaired) electrons. The van der Waals surface area contributed by atoms with Crippen LogP contribution >= 0.6 is 15.9 Å². The van der Waals surface area contributed by atoms with E-state index in [0.717, 1.165) is 37.3 Å². The van der Waals surface area contributed by atoms with Gasteiger partial charge in [0, 0.05) is 28.1 Å². The monoisotopic (exact) mass is 616 g/mol. The Labute approximate surface area is 240 Å². The second-order valence-electron chi connectivity index (χ2n) is 8.53.